The number of nitrogens with two attached hydrogens (primary N) is 1. The van der Waals surface area contributed by atoms with Crippen LogP contribution in [0.15, 0.2) is 54.6 Å². The van der Waals surface area contributed by atoms with Crippen LogP contribution >= 0.6 is 0 Å². The molecule has 2 rings (SSSR count). The van der Waals surface area contributed by atoms with Crippen LogP contribution in [0.3, 0.4) is 0 Å². The number of halogens is 1. The molecular formula is C19H19FN2O5. The summed E-state index contributed by atoms with van der Waals surface area (Å²) < 4.78 is 22.9. The minimum Gasteiger partial charge on any atom is -0.454 e. The number of amides is 2. The van der Waals surface area contributed by atoms with Crippen LogP contribution in [0.25, 0.3) is 0 Å². The predicted molar refractivity (Wildman–Crippen MR) is 93.8 cm³/mol. The molecule has 0 aliphatic rings. The van der Waals surface area contributed by atoms with Gasteiger partial charge in [-0.2, -0.15) is 0 Å². The number of benzene rings is 2. The zero-order chi connectivity index (χ0) is 19.6. The molecule has 1 atom stereocenters. The second-order valence-electron chi connectivity index (χ2n) is 5.66. The van der Waals surface area contributed by atoms with Crippen LogP contribution in [0, 0.1) is 5.82 Å². The van der Waals surface area contributed by atoms with Crippen molar-refractivity contribution in [2.24, 2.45) is 5.73 Å². The maximum Gasteiger partial charge on any atom is 0.408 e. The summed E-state index contributed by atoms with van der Waals surface area (Å²) in [5.41, 5.74) is 6.31. The molecule has 2 aromatic rings. The summed E-state index contributed by atoms with van der Waals surface area (Å²) in [7, 11) is 0. The number of carbonyl (C=O) groups is 3. The highest BCUT2D eigenvalue weighted by Gasteiger charge is 2.24. The van der Waals surface area contributed by atoms with Crippen molar-refractivity contribution in [1.29, 1.82) is 0 Å². The second-order valence-corrected chi connectivity index (χ2v) is 5.66. The van der Waals surface area contributed by atoms with Gasteiger partial charge in [0.05, 0.1) is 0 Å². The van der Waals surface area contributed by atoms with E-state index in [2.05, 4.69) is 5.32 Å². The number of hydrogen-bond acceptors (Lipinski definition) is 5. The van der Waals surface area contributed by atoms with Crippen LogP contribution in [0.2, 0.25) is 0 Å². The first kappa shape index (κ1) is 19.9. The SMILES string of the molecule is NC(=O)COC(=O)C(Cc1ccc(F)cc1)NC(=O)OCc1ccccc1. The van der Waals surface area contributed by atoms with Gasteiger partial charge in [0.25, 0.3) is 5.91 Å². The van der Waals surface area contributed by atoms with E-state index in [0.717, 1.165) is 5.56 Å². The monoisotopic (exact) mass is 374 g/mol. The number of nitrogens with one attached hydrogen (secondary N) is 1. The average Bonchev–Trinajstić information content (AvgIpc) is 2.66. The number of hydrogen-bond donors (Lipinski definition) is 2. The van der Waals surface area contributed by atoms with Crippen LogP contribution in [0.5, 0.6) is 0 Å². The number of carbonyl (C=O) groups excluding carboxylic acids is 3. The first-order valence-electron chi connectivity index (χ1n) is 8.10. The number of alkyl carbamates (subject to hydrolysis) is 1. The fourth-order valence-electron chi connectivity index (χ4n) is 2.20. The van der Waals surface area contributed by atoms with E-state index >= 15 is 0 Å². The molecule has 0 radical (unpaired) electrons. The summed E-state index contributed by atoms with van der Waals surface area (Å²) >= 11 is 0. The topological polar surface area (TPSA) is 108 Å². The zero-order valence-corrected chi connectivity index (χ0v) is 14.4. The average molecular weight is 374 g/mol. The highest BCUT2D eigenvalue weighted by atomic mass is 19.1. The molecule has 0 aromatic heterocycles. The van der Waals surface area contributed by atoms with E-state index in [4.69, 9.17) is 15.2 Å². The highest BCUT2D eigenvalue weighted by Crippen LogP contribution is 2.08. The first-order valence-corrected chi connectivity index (χ1v) is 8.10. The Bertz CT molecular complexity index is 780. The fourth-order valence-corrected chi connectivity index (χ4v) is 2.20. The summed E-state index contributed by atoms with van der Waals surface area (Å²) in [4.78, 5) is 35.0. The van der Waals surface area contributed by atoms with Gasteiger partial charge in [-0.05, 0) is 23.3 Å². The van der Waals surface area contributed by atoms with Crippen LogP contribution in [-0.4, -0.2) is 30.6 Å². The van der Waals surface area contributed by atoms with Gasteiger partial charge < -0.3 is 20.5 Å². The minimum absolute atomic E-state index is 0.0201. The molecule has 8 heteroatoms. The van der Waals surface area contributed by atoms with Gasteiger partial charge in [0.2, 0.25) is 0 Å². The molecule has 0 aliphatic heterocycles. The summed E-state index contributed by atoms with van der Waals surface area (Å²) in [6.45, 7) is -0.591. The van der Waals surface area contributed by atoms with Gasteiger partial charge in [-0.3, -0.25) is 4.79 Å². The molecule has 0 saturated heterocycles. The molecule has 0 bridgehead atoms. The van der Waals surface area contributed by atoms with Crippen LogP contribution < -0.4 is 11.1 Å². The Morgan fingerprint density at radius 3 is 2.26 bits per heavy atom. The normalized spacial score (nSPS) is 11.3. The van der Waals surface area contributed by atoms with Gasteiger partial charge in [0, 0.05) is 6.42 Å². The van der Waals surface area contributed by atoms with E-state index in [-0.39, 0.29) is 13.0 Å². The smallest absolute Gasteiger partial charge is 0.408 e. The Morgan fingerprint density at radius 2 is 1.63 bits per heavy atom. The highest BCUT2D eigenvalue weighted by molar-refractivity contribution is 5.84. The molecule has 0 heterocycles. The van der Waals surface area contributed by atoms with Gasteiger partial charge in [0.15, 0.2) is 6.61 Å². The van der Waals surface area contributed by atoms with E-state index in [0.29, 0.717) is 5.56 Å². The Hall–Kier alpha value is -3.42. The Balaban J connectivity index is 1.99. The molecule has 1 unspecified atom stereocenters. The third-order valence-electron chi connectivity index (χ3n) is 3.50. The molecule has 2 amide bonds. The molecular weight excluding hydrogens is 355 g/mol. The molecule has 0 fully saturated rings. The second kappa shape index (κ2) is 9.91. The molecule has 27 heavy (non-hydrogen) atoms. The van der Waals surface area contributed by atoms with Crippen LogP contribution in [0.4, 0.5) is 9.18 Å². The van der Waals surface area contributed by atoms with E-state index in [1.807, 2.05) is 6.07 Å². The minimum atomic E-state index is -1.13. The van der Waals surface area contributed by atoms with Crippen molar-refractivity contribution in [2.75, 3.05) is 6.61 Å². The van der Waals surface area contributed by atoms with Crippen molar-refractivity contribution in [1.82, 2.24) is 5.32 Å². The lowest BCUT2D eigenvalue weighted by atomic mass is 10.1. The standard InChI is InChI=1S/C19H19FN2O5/c20-15-8-6-13(7-9-15)10-16(18(24)26-12-17(21)23)22-19(25)27-11-14-4-2-1-3-5-14/h1-9,16H,10-12H2,(H2,21,23)(H,22,25). The van der Waals surface area contributed by atoms with E-state index < -0.39 is 36.4 Å². The number of esters is 1. The predicted octanol–water partition coefficient (Wildman–Crippen LogP) is 1.69. The molecule has 2 aromatic carbocycles. The van der Waals surface area contributed by atoms with Gasteiger partial charge in [-0.1, -0.05) is 42.5 Å². The quantitative estimate of drug-likeness (QED) is 0.684. The van der Waals surface area contributed by atoms with Crippen molar-refractivity contribution < 1.29 is 28.2 Å². The Kier molecular flexibility index (Phi) is 7.30. The van der Waals surface area contributed by atoms with Crippen LogP contribution in [-0.2, 0) is 32.1 Å². The first-order chi connectivity index (χ1) is 12.9. The zero-order valence-electron chi connectivity index (χ0n) is 14.4. The summed E-state index contributed by atoms with van der Waals surface area (Å²) in [6, 6.07) is 13.3. The number of primary amides is 1. The number of ether oxygens (including phenoxy) is 2. The van der Waals surface area contributed by atoms with Crippen molar-refractivity contribution >= 4 is 18.0 Å². The lowest BCUT2D eigenvalue weighted by Crippen LogP contribution is -2.44. The number of rotatable bonds is 8. The lowest BCUT2D eigenvalue weighted by molar-refractivity contribution is -0.149. The van der Waals surface area contributed by atoms with Gasteiger partial charge in [-0.15, -0.1) is 0 Å². The van der Waals surface area contributed by atoms with E-state index in [1.165, 1.54) is 24.3 Å². The Labute approximate surface area is 155 Å². The molecule has 0 saturated carbocycles. The third kappa shape index (κ3) is 7.15. The van der Waals surface area contributed by atoms with E-state index in [9.17, 15) is 18.8 Å². The summed E-state index contributed by atoms with van der Waals surface area (Å²) in [5, 5.41) is 2.39. The van der Waals surface area contributed by atoms with Crippen molar-refractivity contribution in [3.05, 3.63) is 71.5 Å². The fraction of sp³-hybridized carbons (Fsp3) is 0.211. The molecule has 0 spiro atoms. The third-order valence-corrected chi connectivity index (χ3v) is 3.50. The molecule has 0 aliphatic carbocycles. The van der Waals surface area contributed by atoms with Gasteiger partial charge in [0.1, 0.15) is 18.5 Å². The van der Waals surface area contributed by atoms with Gasteiger partial charge in [-0.25, -0.2) is 14.0 Å². The van der Waals surface area contributed by atoms with E-state index in [1.54, 1.807) is 24.3 Å². The molecule has 142 valence electrons. The summed E-state index contributed by atoms with van der Waals surface area (Å²) in [6.07, 6.45) is -0.805. The largest absolute Gasteiger partial charge is 0.454 e. The van der Waals surface area contributed by atoms with Crippen molar-refractivity contribution in [2.45, 2.75) is 19.1 Å². The lowest BCUT2D eigenvalue weighted by Gasteiger charge is -2.17. The molecule has 7 nitrogen and oxygen atoms in total. The van der Waals surface area contributed by atoms with Crippen LogP contribution in [0.1, 0.15) is 11.1 Å². The van der Waals surface area contributed by atoms with Crippen molar-refractivity contribution in [3.8, 4) is 0 Å². The molecule has 3 N–H and O–H groups in total. The maximum atomic E-state index is 13.0. The Morgan fingerprint density at radius 1 is 0.963 bits per heavy atom. The van der Waals surface area contributed by atoms with Gasteiger partial charge >= 0.3 is 12.1 Å². The van der Waals surface area contributed by atoms with Crippen molar-refractivity contribution in [3.63, 3.8) is 0 Å². The summed E-state index contributed by atoms with van der Waals surface area (Å²) in [5.74, 6) is -2.10. The maximum absolute atomic E-state index is 13.0.